The minimum absolute atomic E-state index is 0.0272. The van der Waals surface area contributed by atoms with Gasteiger partial charge in [-0.05, 0) is 30.7 Å². The molecular formula is C16H16N6O2. The van der Waals surface area contributed by atoms with Gasteiger partial charge in [0.25, 0.3) is 0 Å². The third kappa shape index (κ3) is 3.17. The van der Waals surface area contributed by atoms with Crippen molar-refractivity contribution in [2.75, 3.05) is 0 Å². The Labute approximate surface area is 137 Å². The van der Waals surface area contributed by atoms with Gasteiger partial charge in [-0.3, -0.25) is 0 Å². The number of pyridine rings is 1. The predicted molar refractivity (Wildman–Crippen MR) is 87.3 cm³/mol. The van der Waals surface area contributed by atoms with Crippen LogP contribution in [0.15, 0.2) is 48.0 Å². The highest BCUT2D eigenvalue weighted by molar-refractivity contribution is 5.97. The van der Waals surface area contributed by atoms with E-state index in [0.29, 0.717) is 17.8 Å². The molecule has 0 saturated heterocycles. The Bertz CT molecular complexity index is 886. The Morgan fingerprint density at radius 2 is 2.00 bits per heavy atom. The third-order valence-corrected chi connectivity index (χ3v) is 3.47. The summed E-state index contributed by atoms with van der Waals surface area (Å²) in [5.41, 5.74) is 8.26. The van der Waals surface area contributed by atoms with Crippen molar-refractivity contribution >= 4 is 5.84 Å². The van der Waals surface area contributed by atoms with E-state index >= 15 is 0 Å². The first-order valence-electron chi connectivity index (χ1n) is 7.20. The average Bonchev–Trinajstić information content (AvgIpc) is 3.03. The maximum atomic E-state index is 9.90. The number of aryl methyl sites for hydroxylation is 1. The second-order valence-electron chi connectivity index (χ2n) is 5.31. The summed E-state index contributed by atoms with van der Waals surface area (Å²) in [6.45, 7) is 2.02. The fourth-order valence-corrected chi connectivity index (χ4v) is 2.22. The van der Waals surface area contributed by atoms with Crippen molar-refractivity contribution in [3.8, 4) is 11.4 Å². The van der Waals surface area contributed by atoms with E-state index < -0.39 is 0 Å². The fraction of sp³-hybridized carbons (Fsp3) is 0.125. The van der Waals surface area contributed by atoms with Crippen LogP contribution in [0.3, 0.4) is 0 Å². The summed E-state index contributed by atoms with van der Waals surface area (Å²) in [5.74, 6) is 0.176. The minimum atomic E-state index is -0.249. The Morgan fingerprint density at radius 1 is 1.25 bits per heavy atom. The van der Waals surface area contributed by atoms with Crippen LogP contribution in [0.4, 0.5) is 0 Å². The van der Waals surface area contributed by atoms with Crippen LogP contribution in [0.2, 0.25) is 0 Å². The van der Waals surface area contributed by atoms with Crippen molar-refractivity contribution in [1.82, 2.24) is 19.7 Å². The van der Waals surface area contributed by atoms with Gasteiger partial charge in [0.2, 0.25) is 0 Å². The molecule has 2 heterocycles. The molecule has 4 N–H and O–H groups in total. The first kappa shape index (κ1) is 15.5. The van der Waals surface area contributed by atoms with Crippen molar-refractivity contribution < 1.29 is 10.3 Å². The zero-order valence-corrected chi connectivity index (χ0v) is 13.0. The van der Waals surface area contributed by atoms with Gasteiger partial charge >= 0.3 is 0 Å². The van der Waals surface area contributed by atoms with E-state index in [1.54, 1.807) is 11.0 Å². The van der Waals surface area contributed by atoms with Gasteiger partial charge in [0.05, 0.1) is 5.69 Å². The second kappa shape index (κ2) is 6.37. The van der Waals surface area contributed by atoms with Gasteiger partial charge in [-0.15, -0.1) is 0 Å². The lowest BCUT2D eigenvalue weighted by Crippen LogP contribution is -2.15. The molecule has 0 spiro atoms. The molecule has 0 aliphatic rings. The number of benzene rings is 1. The molecule has 0 aliphatic heterocycles. The van der Waals surface area contributed by atoms with E-state index in [9.17, 15) is 5.11 Å². The molecule has 0 radical (unpaired) electrons. The number of nitrogens with zero attached hydrogens (tertiary/aromatic N) is 5. The molecule has 8 nitrogen and oxygen atoms in total. The topological polar surface area (TPSA) is 122 Å². The molecule has 24 heavy (non-hydrogen) atoms. The van der Waals surface area contributed by atoms with E-state index in [4.69, 9.17) is 10.9 Å². The molecule has 0 fully saturated rings. The number of aromatic nitrogens is 4. The molecule has 0 atom stereocenters. The normalized spacial score (nSPS) is 11.6. The minimum Gasteiger partial charge on any atom is -0.506 e. The van der Waals surface area contributed by atoms with Gasteiger partial charge in [0, 0.05) is 12.6 Å². The average molecular weight is 324 g/mol. The highest BCUT2D eigenvalue weighted by Gasteiger charge is 2.11. The molecular weight excluding hydrogens is 308 g/mol. The monoisotopic (exact) mass is 324 g/mol. The summed E-state index contributed by atoms with van der Waals surface area (Å²) in [4.78, 5) is 8.26. The van der Waals surface area contributed by atoms with Crippen LogP contribution in [0.1, 0.15) is 22.6 Å². The lowest BCUT2D eigenvalue weighted by atomic mass is 10.1. The first-order chi connectivity index (χ1) is 11.6. The number of rotatable bonds is 4. The summed E-state index contributed by atoms with van der Waals surface area (Å²) in [7, 11) is 0. The Balaban J connectivity index is 1.80. The van der Waals surface area contributed by atoms with E-state index in [1.807, 2.05) is 31.2 Å². The smallest absolute Gasteiger partial charge is 0.192 e. The molecule has 8 heteroatoms. The molecule has 0 saturated carbocycles. The van der Waals surface area contributed by atoms with Crippen LogP contribution in [0.25, 0.3) is 5.69 Å². The van der Waals surface area contributed by atoms with Crippen molar-refractivity contribution in [2.24, 2.45) is 10.9 Å². The van der Waals surface area contributed by atoms with Gasteiger partial charge < -0.3 is 16.0 Å². The summed E-state index contributed by atoms with van der Waals surface area (Å²) in [5, 5.41) is 25.8. The van der Waals surface area contributed by atoms with Crippen molar-refractivity contribution in [3.05, 3.63) is 65.5 Å². The predicted octanol–water partition coefficient (Wildman–Crippen LogP) is 1.36. The maximum absolute atomic E-state index is 9.90. The van der Waals surface area contributed by atoms with Crippen molar-refractivity contribution in [2.45, 2.75) is 13.3 Å². The summed E-state index contributed by atoms with van der Waals surface area (Å²) < 4.78 is 1.69. The Kier molecular flexibility index (Phi) is 4.11. The van der Waals surface area contributed by atoms with Crippen LogP contribution in [0.5, 0.6) is 5.75 Å². The van der Waals surface area contributed by atoms with Crippen LogP contribution >= 0.6 is 0 Å². The summed E-state index contributed by atoms with van der Waals surface area (Å²) >= 11 is 0. The molecule has 2 aromatic heterocycles. The van der Waals surface area contributed by atoms with Gasteiger partial charge in [-0.25, -0.2) is 14.6 Å². The summed E-state index contributed by atoms with van der Waals surface area (Å²) in [6, 6.07) is 9.43. The molecule has 122 valence electrons. The molecule has 0 unspecified atom stereocenters. The first-order valence-corrected chi connectivity index (χ1v) is 7.20. The van der Waals surface area contributed by atoms with E-state index in [2.05, 4.69) is 20.2 Å². The SMILES string of the molecule is Cc1ccc(-n2cnc(Cc3cnc(/C(N)=N/O)c(O)c3)n2)cc1. The number of amidine groups is 1. The third-order valence-electron chi connectivity index (χ3n) is 3.47. The van der Waals surface area contributed by atoms with Gasteiger partial charge in [0.15, 0.2) is 17.4 Å². The summed E-state index contributed by atoms with van der Waals surface area (Å²) in [6.07, 6.45) is 3.56. The van der Waals surface area contributed by atoms with E-state index in [0.717, 1.165) is 5.69 Å². The van der Waals surface area contributed by atoms with Crippen LogP contribution in [-0.2, 0) is 6.42 Å². The molecule has 1 aromatic carbocycles. The Morgan fingerprint density at radius 3 is 2.67 bits per heavy atom. The molecule has 3 aromatic rings. The van der Waals surface area contributed by atoms with Crippen LogP contribution in [-0.4, -0.2) is 35.9 Å². The zero-order valence-electron chi connectivity index (χ0n) is 13.0. The number of oxime groups is 1. The molecule has 0 aliphatic carbocycles. The lowest BCUT2D eigenvalue weighted by molar-refractivity contribution is 0.318. The number of nitrogens with two attached hydrogens (primary N) is 1. The Hall–Kier alpha value is -3.42. The molecule has 0 bridgehead atoms. The highest BCUT2D eigenvalue weighted by Crippen LogP contribution is 2.17. The molecule has 3 rings (SSSR count). The number of aromatic hydroxyl groups is 1. The van der Waals surface area contributed by atoms with Crippen LogP contribution in [0, 0.1) is 6.92 Å². The van der Waals surface area contributed by atoms with Crippen molar-refractivity contribution in [1.29, 1.82) is 0 Å². The van der Waals surface area contributed by atoms with Crippen LogP contribution < -0.4 is 5.73 Å². The fourth-order valence-electron chi connectivity index (χ4n) is 2.22. The zero-order chi connectivity index (χ0) is 17.1. The van der Waals surface area contributed by atoms with E-state index in [1.165, 1.54) is 17.8 Å². The number of hydrogen-bond donors (Lipinski definition) is 3. The van der Waals surface area contributed by atoms with Gasteiger partial charge in [-0.2, -0.15) is 5.10 Å². The van der Waals surface area contributed by atoms with Crippen molar-refractivity contribution in [3.63, 3.8) is 0 Å². The quantitative estimate of drug-likeness (QED) is 0.288. The standard InChI is InChI=1S/C16H16N6O2/c1-10-2-4-12(5-3-10)22-9-19-14(20-22)7-11-6-13(23)15(18-8-11)16(17)21-24/h2-6,8-9,23-24H,7H2,1H3,(H2,17,21). The highest BCUT2D eigenvalue weighted by atomic mass is 16.4. The largest absolute Gasteiger partial charge is 0.506 e. The van der Waals surface area contributed by atoms with Gasteiger partial charge in [-0.1, -0.05) is 22.9 Å². The lowest BCUT2D eigenvalue weighted by Gasteiger charge is -2.04. The maximum Gasteiger partial charge on any atom is 0.192 e. The second-order valence-corrected chi connectivity index (χ2v) is 5.31. The number of hydrogen-bond acceptors (Lipinski definition) is 6. The van der Waals surface area contributed by atoms with Gasteiger partial charge in [0.1, 0.15) is 12.1 Å². The van der Waals surface area contributed by atoms with E-state index in [-0.39, 0.29) is 17.3 Å². The molecule has 0 amide bonds.